The van der Waals surface area contributed by atoms with Gasteiger partial charge >= 0.3 is 0 Å². The zero-order valence-corrected chi connectivity index (χ0v) is 15.0. The third-order valence-corrected chi connectivity index (χ3v) is 5.82. The molecule has 3 aromatic rings. The van der Waals surface area contributed by atoms with Crippen molar-refractivity contribution in [1.82, 2.24) is 19.4 Å². The van der Waals surface area contributed by atoms with Gasteiger partial charge in [-0.2, -0.15) is 5.26 Å². The maximum atomic E-state index is 10.3. The fourth-order valence-corrected chi connectivity index (χ4v) is 4.70. The molecule has 3 aromatic heterocycles. The van der Waals surface area contributed by atoms with Gasteiger partial charge < -0.3 is 14.6 Å². The van der Waals surface area contributed by atoms with E-state index < -0.39 is 6.10 Å². The summed E-state index contributed by atoms with van der Waals surface area (Å²) in [6.07, 6.45) is 3.89. The smallest absolute Gasteiger partial charge is 0.138 e. The first kappa shape index (κ1) is 16.5. The Labute approximate surface area is 150 Å². The van der Waals surface area contributed by atoms with E-state index in [0.29, 0.717) is 12.2 Å². The van der Waals surface area contributed by atoms with E-state index in [0.717, 1.165) is 53.7 Å². The number of nitrogens with zero attached hydrogens (tertiary/aromatic N) is 5. The second-order valence-electron chi connectivity index (χ2n) is 6.65. The average molecular weight is 355 g/mol. The van der Waals surface area contributed by atoms with Crippen molar-refractivity contribution >= 4 is 32.6 Å². The number of piperidine rings is 1. The Morgan fingerprint density at radius 2 is 2.36 bits per heavy atom. The minimum absolute atomic E-state index is 0.259. The summed E-state index contributed by atoms with van der Waals surface area (Å²) in [5, 5.41) is 21.2. The van der Waals surface area contributed by atoms with Crippen LogP contribution in [0.25, 0.3) is 21.3 Å². The Kier molecular flexibility index (Phi) is 4.42. The molecule has 1 aliphatic heterocycles. The van der Waals surface area contributed by atoms with E-state index >= 15 is 0 Å². The van der Waals surface area contributed by atoms with Gasteiger partial charge in [0.05, 0.1) is 28.0 Å². The fraction of sp³-hybridized carbons (Fsp3) is 0.500. The summed E-state index contributed by atoms with van der Waals surface area (Å²) < 4.78 is 3.37. The van der Waals surface area contributed by atoms with Crippen LogP contribution in [0, 0.1) is 11.3 Å². The SMILES string of the molecule is CC(O)c1nc2cnc3ccsc3c2n1C1CCCN(CCC#N)C1. The zero-order valence-electron chi connectivity index (χ0n) is 14.2. The van der Waals surface area contributed by atoms with Gasteiger partial charge in [0.1, 0.15) is 17.4 Å². The highest BCUT2D eigenvalue weighted by Crippen LogP contribution is 2.35. The van der Waals surface area contributed by atoms with Crippen molar-refractivity contribution in [2.45, 2.75) is 38.3 Å². The third-order valence-electron chi connectivity index (χ3n) is 4.91. The molecule has 0 spiro atoms. The number of pyridine rings is 1. The molecule has 0 radical (unpaired) electrons. The van der Waals surface area contributed by atoms with Crippen LogP contribution in [0.15, 0.2) is 17.6 Å². The van der Waals surface area contributed by atoms with E-state index in [1.165, 1.54) is 0 Å². The van der Waals surface area contributed by atoms with Gasteiger partial charge in [0, 0.05) is 25.6 Å². The molecule has 0 bridgehead atoms. The van der Waals surface area contributed by atoms with Crippen molar-refractivity contribution in [3.63, 3.8) is 0 Å². The number of aromatic nitrogens is 3. The number of fused-ring (bicyclic) bond motifs is 3. The number of thiophene rings is 1. The number of nitriles is 1. The summed E-state index contributed by atoms with van der Waals surface area (Å²) in [4.78, 5) is 11.5. The fourth-order valence-electron chi connectivity index (χ4n) is 3.81. The predicted octanol–water partition coefficient (Wildman–Crippen LogP) is 3.25. The van der Waals surface area contributed by atoms with E-state index in [1.54, 1.807) is 18.3 Å². The normalized spacial score (nSPS) is 20.1. The molecule has 2 unspecified atom stereocenters. The lowest BCUT2D eigenvalue weighted by Gasteiger charge is -2.34. The minimum atomic E-state index is -0.628. The standard InChI is InChI=1S/C18H21N5OS/c1-12(24)18-21-15-10-20-14-5-9-25-17(14)16(15)23(18)13-4-2-7-22(11-13)8-3-6-19/h5,9-10,12-13,24H,2-4,7-8,11H2,1H3. The molecule has 25 heavy (non-hydrogen) atoms. The van der Waals surface area contributed by atoms with Gasteiger partial charge in [0.25, 0.3) is 0 Å². The highest BCUT2D eigenvalue weighted by molar-refractivity contribution is 7.18. The molecule has 6 nitrogen and oxygen atoms in total. The van der Waals surface area contributed by atoms with Crippen molar-refractivity contribution < 1.29 is 5.11 Å². The summed E-state index contributed by atoms with van der Waals surface area (Å²) >= 11 is 1.67. The van der Waals surface area contributed by atoms with Crippen molar-refractivity contribution in [3.05, 3.63) is 23.5 Å². The quantitative estimate of drug-likeness (QED) is 0.777. The molecule has 0 aromatic carbocycles. The highest BCUT2D eigenvalue weighted by atomic mass is 32.1. The van der Waals surface area contributed by atoms with E-state index in [9.17, 15) is 5.11 Å². The lowest BCUT2D eigenvalue weighted by Crippen LogP contribution is -2.37. The summed E-state index contributed by atoms with van der Waals surface area (Å²) in [5.41, 5.74) is 2.91. The molecule has 0 aliphatic carbocycles. The van der Waals surface area contributed by atoms with Gasteiger partial charge in [-0.15, -0.1) is 11.3 Å². The molecule has 0 amide bonds. The molecule has 1 aliphatic rings. The predicted molar refractivity (Wildman–Crippen MR) is 98.5 cm³/mol. The van der Waals surface area contributed by atoms with E-state index in [2.05, 4.69) is 25.9 Å². The van der Waals surface area contributed by atoms with Crippen LogP contribution in [-0.4, -0.2) is 44.2 Å². The molecule has 4 heterocycles. The van der Waals surface area contributed by atoms with Crippen LogP contribution in [-0.2, 0) is 0 Å². The average Bonchev–Trinajstić information content (AvgIpc) is 3.23. The van der Waals surface area contributed by atoms with Gasteiger partial charge in [-0.3, -0.25) is 4.98 Å². The summed E-state index contributed by atoms with van der Waals surface area (Å²) in [7, 11) is 0. The maximum Gasteiger partial charge on any atom is 0.138 e. The van der Waals surface area contributed by atoms with Gasteiger partial charge in [-0.25, -0.2) is 4.98 Å². The first-order valence-corrected chi connectivity index (χ1v) is 9.58. The van der Waals surface area contributed by atoms with E-state index in [1.807, 2.05) is 12.3 Å². The van der Waals surface area contributed by atoms with Crippen LogP contribution in [0.1, 0.15) is 44.2 Å². The summed E-state index contributed by atoms with van der Waals surface area (Å²) in [6, 6.07) is 4.52. The largest absolute Gasteiger partial charge is 0.385 e. The van der Waals surface area contributed by atoms with E-state index in [-0.39, 0.29) is 6.04 Å². The van der Waals surface area contributed by atoms with Crippen LogP contribution in [0.2, 0.25) is 0 Å². The number of rotatable bonds is 4. The van der Waals surface area contributed by atoms with Gasteiger partial charge in [-0.05, 0) is 37.8 Å². The third kappa shape index (κ3) is 2.91. The Hall–Kier alpha value is -2.01. The second kappa shape index (κ2) is 6.71. The molecular formula is C18H21N5OS. The van der Waals surface area contributed by atoms with E-state index in [4.69, 9.17) is 10.2 Å². The molecular weight excluding hydrogens is 334 g/mol. The number of hydrogen-bond donors (Lipinski definition) is 1. The number of hydrogen-bond acceptors (Lipinski definition) is 6. The minimum Gasteiger partial charge on any atom is -0.385 e. The molecule has 130 valence electrons. The number of imidazole rings is 1. The Balaban J connectivity index is 1.83. The zero-order chi connectivity index (χ0) is 17.4. The summed E-state index contributed by atoms with van der Waals surface area (Å²) in [5.74, 6) is 0.713. The first-order chi connectivity index (χ1) is 12.2. The number of likely N-dealkylation sites (tertiary alicyclic amines) is 1. The molecule has 4 rings (SSSR count). The molecule has 0 saturated carbocycles. The molecule has 2 atom stereocenters. The first-order valence-electron chi connectivity index (χ1n) is 8.70. The van der Waals surface area contributed by atoms with Crippen LogP contribution < -0.4 is 0 Å². The van der Waals surface area contributed by atoms with Gasteiger partial charge in [0.15, 0.2) is 0 Å². The highest BCUT2D eigenvalue weighted by Gasteiger charge is 2.27. The lowest BCUT2D eigenvalue weighted by atomic mass is 10.0. The molecule has 1 fully saturated rings. The van der Waals surface area contributed by atoms with Gasteiger partial charge in [-0.1, -0.05) is 0 Å². The molecule has 7 heteroatoms. The number of aliphatic hydroxyl groups is 1. The van der Waals surface area contributed by atoms with Crippen LogP contribution in [0.3, 0.4) is 0 Å². The monoisotopic (exact) mass is 355 g/mol. The number of aliphatic hydroxyl groups excluding tert-OH is 1. The van der Waals surface area contributed by atoms with Crippen molar-refractivity contribution in [2.24, 2.45) is 0 Å². The van der Waals surface area contributed by atoms with Gasteiger partial charge in [0.2, 0.25) is 0 Å². The summed E-state index contributed by atoms with van der Waals surface area (Å²) in [6.45, 7) is 4.50. The van der Waals surface area contributed by atoms with Crippen LogP contribution in [0.5, 0.6) is 0 Å². The Morgan fingerprint density at radius 3 is 3.16 bits per heavy atom. The molecule has 1 saturated heterocycles. The Morgan fingerprint density at radius 1 is 1.48 bits per heavy atom. The lowest BCUT2D eigenvalue weighted by molar-refractivity contribution is 0.155. The van der Waals surface area contributed by atoms with Crippen LogP contribution in [0.4, 0.5) is 0 Å². The second-order valence-corrected chi connectivity index (χ2v) is 7.56. The molecule has 1 N–H and O–H groups in total. The maximum absolute atomic E-state index is 10.3. The van der Waals surface area contributed by atoms with Crippen LogP contribution >= 0.6 is 11.3 Å². The topological polar surface area (TPSA) is 78.0 Å². The van der Waals surface area contributed by atoms with Crippen molar-refractivity contribution in [2.75, 3.05) is 19.6 Å². The van der Waals surface area contributed by atoms with Crippen molar-refractivity contribution in [1.29, 1.82) is 5.26 Å². The Bertz CT molecular complexity index is 938. The van der Waals surface area contributed by atoms with Crippen molar-refractivity contribution in [3.8, 4) is 6.07 Å².